The van der Waals surface area contributed by atoms with Gasteiger partial charge in [0.1, 0.15) is 5.82 Å². The Bertz CT molecular complexity index is 1230. The van der Waals surface area contributed by atoms with E-state index in [2.05, 4.69) is 50.8 Å². The van der Waals surface area contributed by atoms with Crippen molar-refractivity contribution >= 4 is 47.4 Å². The zero-order valence-corrected chi connectivity index (χ0v) is 20.4. The third kappa shape index (κ3) is 4.56. The van der Waals surface area contributed by atoms with Crippen LogP contribution in [-0.4, -0.2) is 46.5 Å². The van der Waals surface area contributed by atoms with Crippen LogP contribution in [0.3, 0.4) is 0 Å². The van der Waals surface area contributed by atoms with Gasteiger partial charge in [0.2, 0.25) is 0 Å². The monoisotopic (exact) mass is 482 g/mol. The number of amides is 1. The van der Waals surface area contributed by atoms with Crippen LogP contribution in [0.15, 0.2) is 72.9 Å². The highest BCUT2D eigenvalue weighted by atomic mass is 35.5. The first-order valence-electron chi connectivity index (χ1n) is 10.7. The van der Waals surface area contributed by atoms with Crippen molar-refractivity contribution in [2.75, 3.05) is 31.1 Å². The van der Waals surface area contributed by atoms with Gasteiger partial charge in [0.25, 0.3) is 5.91 Å². The number of halogens is 2. The van der Waals surface area contributed by atoms with Crippen molar-refractivity contribution in [1.29, 1.82) is 0 Å². The zero-order valence-electron chi connectivity index (χ0n) is 18.8. The molecule has 7 heteroatoms. The number of carbonyl (C=O) groups excluding carboxylic acids is 1. The Balaban J connectivity index is 0.00000153. The fourth-order valence-corrected chi connectivity index (χ4v) is 4.49. The zero-order chi connectivity index (χ0) is 21.4. The van der Waals surface area contributed by atoms with Crippen LogP contribution in [0.4, 0.5) is 5.82 Å². The lowest BCUT2D eigenvalue weighted by molar-refractivity contribution is 0.0749. The van der Waals surface area contributed by atoms with Crippen molar-refractivity contribution in [3.05, 3.63) is 84.1 Å². The second kappa shape index (κ2) is 10.3. The molecule has 5 rings (SSSR count). The SMILES string of the molecule is Cc1ccc(N2CCN(C(=O)c3c(-c4ccccc4)n(C)c4ccccc34)CC2)nc1.Cl.Cl. The van der Waals surface area contributed by atoms with Gasteiger partial charge in [-0.15, -0.1) is 24.8 Å². The third-order valence-corrected chi connectivity index (χ3v) is 6.15. The quantitative estimate of drug-likeness (QED) is 0.394. The summed E-state index contributed by atoms with van der Waals surface area (Å²) in [5, 5.41) is 1.01. The van der Waals surface area contributed by atoms with E-state index in [0.717, 1.165) is 52.2 Å². The molecule has 172 valence electrons. The summed E-state index contributed by atoms with van der Waals surface area (Å²) >= 11 is 0. The van der Waals surface area contributed by atoms with Gasteiger partial charge in [0.05, 0.1) is 11.3 Å². The first-order chi connectivity index (χ1) is 15.1. The van der Waals surface area contributed by atoms with Crippen LogP contribution < -0.4 is 4.90 Å². The van der Waals surface area contributed by atoms with Crippen molar-refractivity contribution < 1.29 is 4.79 Å². The average Bonchev–Trinajstić information content (AvgIpc) is 3.12. The van der Waals surface area contributed by atoms with E-state index in [9.17, 15) is 4.79 Å². The number of benzene rings is 2. The maximum absolute atomic E-state index is 13.8. The minimum absolute atomic E-state index is 0. The Morgan fingerprint density at radius 3 is 2.18 bits per heavy atom. The lowest BCUT2D eigenvalue weighted by Gasteiger charge is -2.35. The van der Waals surface area contributed by atoms with Gasteiger partial charge in [-0.1, -0.05) is 54.6 Å². The van der Waals surface area contributed by atoms with Gasteiger partial charge in [0.15, 0.2) is 0 Å². The van der Waals surface area contributed by atoms with E-state index in [1.54, 1.807) is 0 Å². The molecule has 2 aromatic heterocycles. The molecule has 0 N–H and O–H groups in total. The second-order valence-electron chi connectivity index (χ2n) is 8.14. The number of aromatic nitrogens is 2. The minimum Gasteiger partial charge on any atom is -0.353 e. The van der Waals surface area contributed by atoms with E-state index in [-0.39, 0.29) is 30.7 Å². The van der Waals surface area contributed by atoms with Gasteiger partial charge >= 0.3 is 0 Å². The largest absolute Gasteiger partial charge is 0.353 e. The molecule has 0 spiro atoms. The Labute approximate surface area is 206 Å². The smallest absolute Gasteiger partial charge is 0.256 e. The standard InChI is InChI=1S/C26H26N4O.2ClH/c1-19-12-13-23(27-18-19)29-14-16-30(17-15-29)26(31)24-21-10-6-7-11-22(21)28(2)25(24)20-8-4-3-5-9-20;;/h3-13,18H,14-17H2,1-2H3;2*1H. The number of carbonyl (C=O) groups is 1. The van der Waals surface area contributed by atoms with Crippen LogP contribution in [0.1, 0.15) is 15.9 Å². The highest BCUT2D eigenvalue weighted by Crippen LogP contribution is 2.34. The summed E-state index contributed by atoms with van der Waals surface area (Å²) in [7, 11) is 2.04. The number of para-hydroxylation sites is 1. The molecule has 0 saturated carbocycles. The first-order valence-corrected chi connectivity index (χ1v) is 10.7. The van der Waals surface area contributed by atoms with Crippen molar-refractivity contribution in [3.8, 4) is 11.3 Å². The minimum atomic E-state index is 0. The third-order valence-electron chi connectivity index (χ3n) is 6.15. The summed E-state index contributed by atoms with van der Waals surface area (Å²) in [6.07, 6.45) is 1.90. The molecule has 1 saturated heterocycles. The number of rotatable bonds is 3. The molecule has 1 aliphatic rings. The maximum atomic E-state index is 13.8. The molecule has 0 bridgehead atoms. The maximum Gasteiger partial charge on any atom is 0.256 e. The number of nitrogens with zero attached hydrogens (tertiary/aromatic N) is 4. The predicted octanol–water partition coefficient (Wildman–Crippen LogP) is 5.35. The fourth-order valence-electron chi connectivity index (χ4n) is 4.49. The Hall–Kier alpha value is -3.02. The number of piperazine rings is 1. The highest BCUT2D eigenvalue weighted by molar-refractivity contribution is 6.12. The van der Waals surface area contributed by atoms with Crippen molar-refractivity contribution in [2.45, 2.75) is 6.92 Å². The van der Waals surface area contributed by atoms with Gasteiger partial charge in [-0.25, -0.2) is 4.98 Å². The molecule has 0 unspecified atom stereocenters. The average molecular weight is 483 g/mol. The molecule has 33 heavy (non-hydrogen) atoms. The van der Waals surface area contributed by atoms with E-state index in [4.69, 9.17) is 0 Å². The Morgan fingerprint density at radius 1 is 0.848 bits per heavy atom. The molecule has 1 amide bonds. The number of anilines is 1. The van der Waals surface area contributed by atoms with Gasteiger partial charge in [-0.05, 0) is 30.2 Å². The molecule has 4 aromatic rings. The van der Waals surface area contributed by atoms with Crippen LogP contribution in [0.25, 0.3) is 22.2 Å². The molecule has 1 aliphatic heterocycles. The molecular weight excluding hydrogens is 455 g/mol. The van der Waals surface area contributed by atoms with Crippen LogP contribution in [-0.2, 0) is 7.05 Å². The molecule has 0 aliphatic carbocycles. The lowest BCUT2D eigenvalue weighted by Crippen LogP contribution is -2.49. The summed E-state index contributed by atoms with van der Waals surface area (Å²) in [6.45, 7) is 4.99. The van der Waals surface area contributed by atoms with Gasteiger partial charge in [-0.3, -0.25) is 4.79 Å². The molecule has 1 fully saturated rings. The van der Waals surface area contributed by atoms with Crippen LogP contribution in [0, 0.1) is 6.92 Å². The van der Waals surface area contributed by atoms with Crippen molar-refractivity contribution in [1.82, 2.24) is 14.5 Å². The van der Waals surface area contributed by atoms with E-state index in [0.29, 0.717) is 13.1 Å². The summed E-state index contributed by atoms with van der Waals surface area (Å²) in [4.78, 5) is 22.6. The number of hydrogen-bond acceptors (Lipinski definition) is 3. The normalized spacial score (nSPS) is 13.4. The predicted molar refractivity (Wildman–Crippen MR) is 140 cm³/mol. The van der Waals surface area contributed by atoms with Gasteiger partial charge < -0.3 is 14.4 Å². The number of hydrogen-bond donors (Lipinski definition) is 0. The fraction of sp³-hybridized carbons (Fsp3) is 0.231. The lowest BCUT2D eigenvalue weighted by atomic mass is 10.0. The molecule has 3 heterocycles. The summed E-state index contributed by atoms with van der Waals surface area (Å²) in [5.41, 5.74) is 5.07. The molecule has 5 nitrogen and oxygen atoms in total. The Morgan fingerprint density at radius 2 is 1.52 bits per heavy atom. The molecule has 0 radical (unpaired) electrons. The number of fused-ring (bicyclic) bond motifs is 1. The summed E-state index contributed by atoms with van der Waals surface area (Å²) in [6, 6.07) is 22.5. The van der Waals surface area contributed by atoms with Crippen molar-refractivity contribution in [2.24, 2.45) is 7.05 Å². The topological polar surface area (TPSA) is 41.4 Å². The Kier molecular flexibility index (Phi) is 7.67. The second-order valence-corrected chi connectivity index (χ2v) is 8.14. The molecular formula is C26H28Cl2N4O. The molecule has 0 atom stereocenters. The number of pyridine rings is 1. The number of aryl methyl sites for hydroxylation is 2. The van der Waals surface area contributed by atoms with E-state index in [1.807, 2.05) is 55.4 Å². The van der Waals surface area contributed by atoms with E-state index < -0.39 is 0 Å². The first kappa shape index (κ1) is 24.6. The molecule has 2 aromatic carbocycles. The van der Waals surface area contributed by atoms with E-state index in [1.165, 1.54) is 0 Å². The van der Waals surface area contributed by atoms with Gasteiger partial charge in [-0.2, -0.15) is 0 Å². The van der Waals surface area contributed by atoms with Crippen LogP contribution in [0.5, 0.6) is 0 Å². The van der Waals surface area contributed by atoms with Crippen LogP contribution >= 0.6 is 24.8 Å². The highest BCUT2D eigenvalue weighted by Gasteiger charge is 2.28. The summed E-state index contributed by atoms with van der Waals surface area (Å²) in [5.74, 6) is 1.08. The van der Waals surface area contributed by atoms with Crippen LogP contribution in [0.2, 0.25) is 0 Å². The van der Waals surface area contributed by atoms with E-state index >= 15 is 0 Å². The van der Waals surface area contributed by atoms with Crippen molar-refractivity contribution in [3.63, 3.8) is 0 Å². The summed E-state index contributed by atoms with van der Waals surface area (Å²) < 4.78 is 2.14. The van der Waals surface area contributed by atoms with Gasteiger partial charge in [0, 0.05) is 50.3 Å².